The van der Waals surface area contributed by atoms with Crippen LogP contribution >= 0.6 is 0 Å². The van der Waals surface area contributed by atoms with E-state index in [-0.39, 0.29) is 17.2 Å². The molecule has 2 unspecified atom stereocenters. The average Bonchev–Trinajstić information content (AvgIpc) is 2.90. The van der Waals surface area contributed by atoms with Gasteiger partial charge in [0, 0.05) is 19.6 Å². The van der Waals surface area contributed by atoms with Crippen LogP contribution in [0.25, 0.3) is 0 Å². The zero-order chi connectivity index (χ0) is 15.2. The van der Waals surface area contributed by atoms with E-state index >= 15 is 0 Å². The van der Waals surface area contributed by atoms with E-state index in [4.69, 9.17) is 0 Å². The fraction of sp³-hybridized carbons (Fsp3) is 0.867. The summed E-state index contributed by atoms with van der Waals surface area (Å²) in [6.45, 7) is 10.7. The predicted molar refractivity (Wildman–Crippen MR) is 80.4 cm³/mol. The van der Waals surface area contributed by atoms with Crippen LogP contribution in [0.1, 0.15) is 47.0 Å². The van der Waals surface area contributed by atoms with E-state index in [0.29, 0.717) is 13.1 Å². The summed E-state index contributed by atoms with van der Waals surface area (Å²) in [6.07, 6.45) is 2.71. The third-order valence-corrected chi connectivity index (χ3v) is 4.25. The van der Waals surface area contributed by atoms with E-state index in [1.165, 1.54) is 0 Å². The van der Waals surface area contributed by atoms with Gasteiger partial charge in [-0.1, -0.05) is 13.3 Å². The molecule has 1 fully saturated rings. The highest BCUT2D eigenvalue weighted by atomic mass is 16.2. The third kappa shape index (κ3) is 3.72. The van der Waals surface area contributed by atoms with Gasteiger partial charge in [-0.15, -0.1) is 0 Å². The van der Waals surface area contributed by atoms with Crippen molar-refractivity contribution >= 4 is 11.8 Å². The molecule has 1 aliphatic rings. The Morgan fingerprint density at radius 2 is 1.95 bits per heavy atom. The van der Waals surface area contributed by atoms with Gasteiger partial charge in [0.2, 0.25) is 11.8 Å². The molecule has 20 heavy (non-hydrogen) atoms. The second-order valence-corrected chi connectivity index (χ2v) is 5.66. The summed E-state index contributed by atoms with van der Waals surface area (Å²) in [5, 5.41) is 6.20. The van der Waals surface area contributed by atoms with Gasteiger partial charge in [0.1, 0.15) is 6.04 Å². The van der Waals surface area contributed by atoms with E-state index in [1.807, 2.05) is 13.8 Å². The molecule has 0 aromatic carbocycles. The van der Waals surface area contributed by atoms with Crippen LogP contribution in [0.5, 0.6) is 0 Å². The first-order valence-electron chi connectivity index (χ1n) is 7.81. The lowest BCUT2D eigenvalue weighted by atomic mass is 9.81. The van der Waals surface area contributed by atoms with Crippen molar-refractivity contribution in [2.24, 2.45) is 5.41 Å². The minimum atomic E-state index is -0.447. The monoisotopic (exact) mass is 283 g/mol. The summed E-state index contributed by atoms with van der Waals surface area (Å²) in [5.74, 6) is 0.0262. The molecule has 1 saturated heterocycles. The molecule has 2 N–H and O–H groups in total. The van der Waals surface area contributed by atoms with Crippen molar-refractivity contribution in [2.75, 3.05) is 26.2 Å². The number of likely N-dealkylation sites (N-methyl/N-ethyl adjacent to an activating group) is 1. The molecule has 0 spiro atoms. The highest BCUT2D eigenvalue weighted by Crippen LogP contribution is 2.31. The van der Waals surface area contributed by atoms with Gasteiger partial charge in [-0.05, 0) is 40.2 Å². The summed E-state index contributed by atoms with van der Waals surface area (Å²) in [4.78, 5) is 26.5. The molecule has 2 atom stereocenters. The van der Waals surface area contributed by atoms with Crippen molar-refractivity contribution in [3.8, 4) is 0 Å². The molecule has 5 heteroatoms. The Labute approximate surface area is 122 Å². The minimum Gasteiger partial charge on any atom is -0.344 e. The molecule has 1 aliphatic heterocycles. The number of hydrogen-bond donors (Lipinski definition) is 2. The van der Waals surface area contributed by atoms with Gasteiger partial charge >= 0.3 is 0 Å². The van der Waals surface area contributed by atoms with Gasteiger partial charge in [-0.25, -0.2) is 0 Å². The molecular formula is C15H29N3O2. The van der Waals surface area contributed by atoms with Crippen molar-refractivity contribution in [3.63, 3.8) is 0 Å². The van der Waals surface area contributed by atoms with Crippen molar-refractivity contribution in [1.29, 1.82) is 0 Å². The maximum atomic E-state index is 12.5. The largest absolute Gasteiger partial charge is 0.344 e. The van der Waals surface area contributed by atoms with E-state index < -0.39 is 6.04 Å². The molecule has 0 saturated carbocycles. The zero-order valence-corrected chi connectivity index (χ0v) is 13.3. The average molecular weight is 283 g/mol. The molecular weight excluding hydrogens is 254 g/mol. The number of rotatable bonds is 7. The normalized spacial score (nSPS) is 23.4. The molecule has 0 aromatic rings. The maximum absolute atomic E-state index is 12.5. The smallest absolute Gasteiger partial charge is 0.244 e. The van der Waals surface area contributed by atoms with Crippen LogP contribution in [0.2, 0.25) is 0 Å². The Morgan fingerprint density at radius 1 is 1.30 bits per heavy atom. The summed E-state index contributed by atoms with van der Waals surface area (Å²) < 4.78 is 0. The molecule has 5 nitrogen and oxygen atoms in total. The lowest BCUT2D eigenvalue weighted by Gasteiger charge is -2.30. The van der Waals surface area contributed by atoms with Gasteiger partial charge in [0.25, 0.3) is 0 Å². The highest BCUT2D eigenvalue weighted by molar-refractivity contribution is 5.90. The van der Waals surface area contributed by atoms with Crippen LogP contribution in [0.3, 0.4) is 0 Å². The van der Waals surface area contributed by atoms with E-state index in [0.717, 1.165) is 32.4 Å². The van der Waals surface area contributed by atoms with Gasteiger partial charge in [-0.2, -0.15) is 0 Å². The number of nitrogens with one attached hydrogen (secondary N) is 2. The molecule has 1 heterocycles. The minimum absolute atomic E-state index is 0.000884. The number of nitrogens with zero attached hydrogens (tertiary/aromatic N) is 1. The molecule has 1 rings (SSSR count). The first-order valence-corrected chi connectivity index (χ1v) is 7.81. The molecule has 0 aromatic heterocycles. The Kier molecular flexibility index (Phi) is 6.46. The maximum Gasteiger partial charge on any atom is 0.244 e. The van der Waals surface area contributed by atoms with Gasteiger partial charge in [-0.3, -0.25) is 9.59 Å². The fourth-order valence-corrected chi connectivity index (χ4v) is 2.96. The van der Waals surface area contributed by atoms with Crippen LogP contribution in [0, 0.1) is 5.41 Å². The molecule has 0 radical (unpaired) electrons. The standard InChI is InChI=1S/C15H29N3O2/c1-5-8-15(9-10-16-11-15)14(20)17-12(4)13(19)18(6-2)7-3/h12,16H,5-11H2,1-4H3,(H,17,20). The summed E-state index contributed by atoms with van der Waals surface area (Å²) >= 11 is 0. The number of carbonyl (C=O) groups is 2. The lowest BCUT2D eigenvalue weighted by Crippen LogP contribution is -2.52. The number of carbonyl (C=O) groups excluding carboxylic acids is 2. The second kappa shape index (κ2) is 7.62. The van der Waals surface area contributed by atoms with Crippen LogP contribution in [-0.4, -0.2) is 48.9 Å². The molecule has 0 aliphatic carbocycles. The Bertz CT molecular complexity index is 334. The van der Waals surface area contributed by atoms with Crippen molar-refractivity contribution < 1.29 is 9.59 Å². The lowest BCUT2D eigenvalue weighted by molar-refractivity contribution is -0.138. The third-order valence-electron chi connectivity index (χ3n) is 4.25. The molecule has 0 bridgehead atoms. The van der Waals surface area contributed by atoms with Gasteiger partial charge in [0.15, 0.2) is 0 Å². The van der Waals surface area contributed by atoms with E-state index in [2.05, 4.69) is 17.6 Å². The quantitative estimate of drug-likeness (QED) is 0.736. The van der Waals surface area contributed by atoms with Crippen LogP contribution in [-0.2, 0) is 9.59 Å². The van der Waals surface area contributed by atoms with Crippen molar-refractivity contribution in [3.05, 3.63) is 0 Å². The molecule has 2 amide bonds. The SMILES string of the molecule is CCCC1(C(=O)NC(C)C(=O)N(CC)CC)CCNC1. The predicted octanol–water partition coefficient (Wildman–Crippen LogP) is 1.14. The topological polar surface area (TPSA) is 61.4 Å². The van der Waals surface area contributed by atoms with E-state index in [1.54, 1.807) is 11.8 Å². The summed E-state index contributed by atoms with van der Waals surface area (Å²) in [6, 6.07) is -0.447. The van der Waals surface area contributed by atoms with Gasteiger partial charge in [0.05, 0.1) is 5.41 Å². The van der Waals surface area contributed by atoms with Crippen LogP contribution < -0.4 is 10.6 Å². The Hall–Kier alpha value is -1.10. The number of hydrogen-bond acceptors (Lipinski definition) is 3. The van der Waals surface area contributed by atoms with Crippen LogP contribution in [0.15, 0.2) is 0 Å². The fourth-order valence-electron chi connectivity index (χ4n) is 2.96. The first kappa shape index (κ1) is 17.0. The van der Waals surface area contributed by atoms with E-state index in [9.17, 15) is 9.59 Å². The van der Waals surface area contributed by atoms with Crippen LogP contribution in [0.4, 0.5) is 0 Å². The Balaban J connectivity index is 2.66. The first-order chi connectivity index (χ1) is 9.50. The van der Waals surface area contributed by atoms with Crippen molar-refractivity contribution in [2.45, 2.75) is 53.0 Å². The molecule has 116 valence electrons. The second-order valence-electron chi connectivity index (χ2n) is 5.66. The summed E-state index contributed by atoms with van der Waals surface area (Å²) in [5.41, 5.74) is -0.327. The highest BCUT2D eigenvalue weighted by Gasteiger charge is 2.41. The van der Waals surface area contributed by atoms with Crippen molar-refractivity contribution in [1.82, 2.24) is 15.5 Å². The summed E-state index contributed by atoms with van der Waals surface area (Å²) in [7, 11) is 0. The number of amides is 2. The Morgan fingerprint density at radius 3 is 2.40 bits per heavy atom. The zero-order valence-electron chi connectivity index (χ0n) is 13.3. The van der Waals surface area contributed by atoms with Gasteiger partial charge < -0.3 is 15.5 Å².